The van der Waals surface area contributed by atoms with Crippen molar-refractivity contribution in [3.63, 3.8) is 0 Å². The number of halogens is 1. The number of amides is 2. The van der Waals surface area contributed by atoms with Gasteiger partial charge in [-0.3, -0.25) is 14.5 Å². The molecule has 2 N–H and O–H groups in total. The number of piperazine rings is 1. The Hall–Kier alpha value is -1.95. The highest BCUT2D eigenvalue weighted by atomic mass is 19.1. The number of carbonyl (C=O) groups is 2. The van der Waals surface area contributed by atoms with Gasteiger partial charge in [0, 0.05) is 31.7 Å². The first-order chi connectivity index (χ1) is 9.06. The van der Waals surface area contributed by atoms with Crippen LogP contribution in [0.3, 0.4) is 0 Å². The van der Waals surface area contributed by atoms with Crippen LogP contribution in [-0.2, 0) is 4.79 Å². The summed E-state index contributed by atoms with van der Waals surface area (Å²) in [6.45, 7) is 2.45. The van der Waals surface area contributed by atoms with Crippen LogP contribution in [-0.4, -0.2) is 54.3 Å². The van der Waals surface area contributed by atoms with Crippen molar-refractivity contribution in [1.29, 1.82) is 0 Å². The van der Waals surface area contributed by atoms with E-state index in [0.717, 1.165) is 0 Å². The minimum absolute atomic E-state index is 0.182. The van der Waals surface area contributed by atoms with Crippen molar-refractivity contribution in [1.82, 2.24) is 9.80 Å². The van der Waals surface area contributed by atoms with Crippen LogP contribution in [0.1, 0.15) is 10.4 Å². The van der Waals surface area contributed by atoms with Crippen molar-refractivity contribution >= 4 is 11.8 Å². The number of primary amides is 1. The second-order valence-corrected chi connectivity index (χ2v) is 4.55. The molecule has 102 valence electrons. The Morgan fingerprint density at radius 2 is 1.89 bits per heavy atom. The topological polar surface area (TPSA) is 66.6 Å². The quantitative estimate of drug-likeness (QED) is 0.841. The summed E-state index contributed by atoms with van der Waals surface area (Å²) < 4.78 is 13.1. The van der Waals surface area contributed by atoms with Crippen LogP contribution in [0.4, 0.5) is 4.39 Å². The first-order valence-electron chi connectivity index (χ1n) is 6.12. The molecular formula is C13H16FN3O2. The molecule has 0 bridgehead atoms. The molecule has 1 heterocycles. The maximum atomic E-state index is 13.1. The molecule has 1 aromatic carbocycles. The molecule has 0 unspecified atom stereocenters. The van der Waals surface area contributed by atoms with Gasteiger partial charge >= 0.3 is 0 Å². The summed E-state index contributed by atoms with van der Waals surface area (Å²) in [6.07, 6.45) is 0. The Kier molecular flexibility index (Phi) is 4.11. The second kappa shape index (κ2) is 5.79. The maximum absolute atomic E-state index is 13.1. The summed E-state index contributed by atoms with van der Waals surface area (Å²) >= 11 is 0. The van der Waals surface area contributed by atoms with E-state index in [9.17, 15) is 14.0 Å². The number of nitrogens with two attached hydrogens (primary N) is 1. The standard InChI is InChI=1S/C13H16FN3O2/c14-11-3-1-2-10(8-11)13(19)17-6-4-16(5-7-17)9-12(15)18/h1-3,8H,4-7,9H2,(H2,15,18). The minimum Gasteiger partial charge on any atom is -0.369 e. The van der Waals surface area contributed by atoms with Gasteiger partial charge in [-0.2, -0.15) is 0 Å². The Bertz CT molecular complexity index is 485. The third-order valence-corrected chi connectivity index (χ3v) is 3.11. The van der Waals surface area contributed by atoms with Gasteiger partial charge < -0.3 is 10.6 Å². The summed E-state index contributed by atoms with van der Waals surface area (Å²) in [5, 5.41) is 0. The lowest BCUT2D eigenvalue weighted by Crippen LogP contribution is -2.50. The summed E-state index contributed by atoms with van der Waals surface area (Å²) in [6, 6.07) is 5.66. The van der Waals surface area contributed by atoms with E-state index in [1.54, 1.807) is 11.0 Å². The average Bonchev–Trinajstić information content (AvgIpc) is 2.38. The average molecular weight is 265 g/mol. The lowest BCUT2D eigenvalue weighted by molar-refractivity contribution is -0.119. The van der Waals surface area contributed by atoms with Gasteiger partial charge in [0.05, 0.1) is 6.54 Å². The smallest absolute Gasteiger partial charge is 0.254 e. The molecule has 0 aliphatic carbocycles. The highest BCUT2D eigenvalue weighted by Gasteiger charge is 2.22. The lowest BCUT2D eigenvalue weighted by atomic mass is 10.1. The van der Waals surface area contributed by atoms with Crippen LogP contribution in [0.2, 0.25) is 0 Å². The zero-order chi connectivity index (χ0) is 13.8. The Morgan fingerprint density at radius 3 is 2.47 bits per heavy atom. The van der Waals surface area contributed by atoms with Crippen molar-refractivity contribution in [3.05, 3.63) is 35.6 Å². The van der Waals surface area contributed by atoms with Gasteiger partial charge in [-0.05, 0) is 18.2 Å². The Balaban J connectivity index is 1.94. The van der Waals surface area contributed by atoms with Crippen LogP contribution in [0.5, 0.6) is 0 Å². The Labute approximate surface area is 110 Å². The molecule has 0 saturated carbocycles. The molecule has 2 amide bonds. The number of hydrogen-bond donors (Lipinski definition) is 1. The van der Waals surface area contributed by atoms with E-state index < -0.39 is 5.82 Å². The number of benzene rings is 1. The molecule has 6 heteroatoms. The summed E-state index contributed by atoms with van der Waals surface area (Å²) in [4.78, 5) is 26.5. The molecule has 1 fully saturated rings. The molecule has 1 aromatic rings. The third kappa shape index (κ3) is 3.51. The zero-order valence-corrected chi connectivity index (χ0v) is 10.5. The van der Waals surface area contributed by atoms with Crippen LogP contribution < -0.4 is 5.73 Å². The van der Waals surface area contributed by atoms with E-state index in [2.05, 4.69) is 0 Å². The van der Waals surface area contributed by atoms with Gasteiger partial charge in [-0.1, -0.05) is 6.07 Å². The molecule has 0 aromatic heterocycles. The van der Waals surface area contributed by atoms with Gasteiger partial charge in [-0.25, -0.2) is 4.39 Å². The van der Waals surface area contributed by atoms with Crippen LogP contribution in [0, 0.1) is 5.82 Å². The maximum Gasteiger partial charge on any atom is 0.254 e. The van der Waals surface area contributed by atoms with Gasteiger partial charge in [0.15, 0.2) is 0 Å². The van der Waals surface area contributed by atoms with Gasteiger partial charge in [-0.15, -0.1) is 0 Å². The summed E-state index contributed by atoms with van der Waals surface area (Å²) in [5.41, 5.74) is 5.47. The van der Waals surface area contributed by atoms with Crippen LogP contribution in [0.25, 0.3) is 0 Å². The van der Waals surface area contributed by atoms with E-state index >= 15 is 0 Å². The molecule has 1 aliphatic heterocycles. The van der Waals surface area contributed by atoms with Gasteiger partial charge in [0.25, 0.3) is 5.91 Å². The molecule has 1 saturated heterocycles. The summed E-state index contributed by atoms with van der Waals surface area (Å²) in [7, 11) is 0. The fourth-order valence-corrected chi connectivity index (χ4v) is 2.13. The molecule has 5 nitrogen and oxygen atoms in total. The van der Waals surface area contributed by atoms with Crippen molar-refractivity contribution in [2.24, 2.45) is 5.73 Å². The number of hydrogen-bond acceptors (Lipinski definition) is 3. The van der Waals surface area contributed by atoms with E-state index in [4.69, 9.17) is 5.73 Å². The van der Waals surface area contributed by atoms with E-state index in [0.29, 0.717) is 31.7 Å². The summed E-state index contributed by atoms with van der Waals surface area (Å²) in [5.74, 6) is -0.971. The molecule has 0 atom stereocenters. The monoisotopic (exact) mass is 265 g/mol. The van der Waals surface area contributed by atoms with Gasteiger partial charge in [0.1, 0.15) is 5.82 Å². The molecule has 2 rings (SSSR count). The van der Waals surface area contributed by atoms with Crippen LogP contribution >= 0.6 is 0 Å². The predicted molar refractivity (Wildman–Crippen MR) is 67.9 cm³/mol. The van der Waals surface area contributed by atoms with Crippen molar-refractivity contribution in [2.75, 3.05) is 32.7 Å². The first kappa shape index (κ1) is 13.5. The first-order valence-corrected chi connectivity index (χ1v) is 6.12. The number of rotatable bonds is 3. The molecule has 0 radical (unpaired) electrons. The predicted octanol–water partition coefficient (Wildman–Crippen LogP) is 0.0688. The zero-order valence-electron chi connectivity index (χ0n) is 10.5. The normalized spacial score (nSPS) is 16.4. The van der Waals surface area contributed by atoms with Crippen molar-refractivity contribution in [3.8, 4) is 0 Å². The lowest BCUT2D eigenvalue weighted by Gasteiger charge is -2.34. The van der Waals surface area contributed by atoms with E-state index in [-0.39, 0.29) is 18.4 Å². The number of carbonyl (C=O) groups excluding carboxylic acids is 2. The molecule has 1 aliphatic rings. The minimum atomic E-state index is -0.418. The molecule has 0 spiro atoms. The largest absolute Gasteiger partial charge is 0.369 e. The second-order valence-electron chi connectivity index (χ2n) is 4.55. The Morgan fingerprint density at radius 1 is 1.21 bits per heavy atom. The fourth-order valence-electron chi connectivity index (χ4n) is 2.13. The highest BCUT2D eigenvalue weighted by Crippen LogP contribution is 2.10. The van der Waals surface area contributed by atoms with Crippen molar-refractivity contribution < 1.29 is 14.0 Å². The molecule has 19 heavy (non-hydrogen) atoms. The van der Waals surface area contributed by atoms with Crippen LogP contribution in [0.15, 0.2) is 24.3 Å². The SMILES string of the molecule is NC(=O)CN1CCN(C(=O)c2cccc(F)c2)CC1. The fraction of sp³-hybridized carbons (Fsp3) is 0.385. The van der Waals surface area contributed by atoms with Gasteiger partial charge in [0.2, 0.25) is 5.91 Å². The number of nitrogens with zero attached hydrogens (tertiary/aromatic N) is 2. The molecular weight excluding hydrogens is 249 g/mol. The highest BCUT2D eigenvalue weighted by molar-refractivity contribution is 5.94. The van der Waals surface area contributed by atoms with E-state index in [1.807, 2.05) is 4.90 Å². The van der Waals surface area contributed by atoms with Crippen molar-refractivity contribution in [2.45, 2.75) is 0 Å². The third-order valence-electron chi connectivity index (χ3n) is 3.11. The van der Waals surface area contributed by atoms with E-state index in [1.165, 1.54) is 18.2 Å².